The minimum atomic E-state index is -0.0508. The molecule has 0 spiro atoms. The monoisotopic (exact) mass is 332 g/mol. The highest BCUT2D eigenvalue weighted by atomic mass is 16.5. The largest absolute Gasteiger partial charge is 0.497 e. The molecular weight excluding hydrogens is 308 g/mol. The maximum absolute atomic E-state index is 12.0. The molecule has 0 aliphatic rings. The van der Waals surface area contributed by atoms with Crippen LogP contribution in [0.2, 0.25) is 0 Å². The van der Waals surface area contributed by atoms with Crippen LogP contribution < -0.4 is 10.1 Å². The van der Waals surface area contributed by atoms with Gasteiger partial charge in [-0.15, -0.1) is 0 Å². The summed E-state index contributed by atoms with van der Waals surface area (Å²) in [6, 6.07) is 7.45. The van der Waals surface area contributed by atoms with E-state index in [2.05, 4.69) is 10.3 Å². The molecule has 2 aromatic rings. The molecule has 0 radical (unpaired) electrons. The number of amides is 1. The number of aryl methyl sites for hydroxylation is 1. The molecule has 0 unspecified atom stereocenters. The Labute approximate surface area is 142 Å². The molecule has 1 N–H and O–H groups in total. The summed E-state index contributed by atoms with van der Waals surface area (Å²) in [5.41, 5.74) is 1.51. The number of carbonyl (C=O) groups excluding carboxylic acids is 1. The maximum atomic E-state index is 12.0. The lowest BCUT2D eigenvalue weighted by atomic mass is 10.2. The number of hydrogen-bond donors (Lipinski definition) is 1. The van der Waals surface area contributed by atoms with E-state index in [-0.39, 0.29) is 12.3 Å². The Hall–Kier alpha value is -2.34. The fourth-order valence-electron chi connectivity index (χ4n) is 2.26. The van der Waals surface area contributed by atoms with Crippen LogP contribution in [0.3, 0.4) is 0 Å². The number of carbonyl (C=O) groups is 1. The van der Waals surface area contributed by atoms with Crippen molar-refractivity contribution in [3.8, 4) is 17.2 Å². The standard InChI is InChI=1S/C18H24N2O4/c1-13-16(12-17(21)19-10-4-5-11-22-2)20-18(24-13)14-6-8-15(23-3)9-7-14/h6-9H,4-5,10-12H2,1-3H3,(H,19,21). The van der Waals surface area contributed by atoms with E-state index in [4.69, 9.17) is 13.9 Å². The molecule has 0 fully saturated rings. The van der Waals surface area contributed by atoms with Gasteiger partial charge in [0.2, 0.25) is 11.8 Å². The minimum Gasteiger partial charge on any atom is -0.497 e. The van der Waals surface area contributed by atoms with Crippen molar-refractivity contribution in [3.05, 3.63) is 35.7 Å². The van der Waals surface area contributed by atoms with Crippen LogP contribution in [0.5, 0.6) is 5.75 Å². The second-order valence-electron chi connectivity index (χ2n) is 5.48. The highest BCUT2D eigenvalue weighted by Gasteiger charge is 2.14. The van der Waals surface area contributed by atoms with E-state index in [0.717, 1.165) is 24.2 Å². The first kappa shape index (κ1) is 18.0. The SMILES string of the molecule is COCCCCNC(=O)Cc1nc(-c2ccc(OC)cc2)oc1C. The lowest BCUT2D eigenvalue weighted by Gasteiger charge is -2.03. The second-order valence-corrected chi connectivity index (χ2v) is 5.48. The van der Waals surface area contributed by atoms with Crippen LogP contribution in [-0.2, 0) is 16.0 Å². The van der Waals surface area contributed by atoms with Gasteiger partial charge in [0.15, 0.2) is 0 Å². The molecule has 1 aromatic heterocycles. The van der Waals surface area contributed by atoms with Crippen molar-refractivity contribution in [3.63, 3.8) is 0 Å². The number of rotatable bonds is 9. The minimum absolute atomic E-state index is 0.0508. The molecule has 2 rings (SSSR count). The van der Waals surface area contributed by atoms with E-state index in [1.54, 1.807) is 14.2 Å². The normalized spacial score (nSPS) is 10.6. The van der Waals surface area contributed by atoms with Crippen molar-refractivity contribution >= 4 is 5.91 Å². The summed E-state index contributed by atoms with van der Waals surface area (Å²) in [5.74, 6) is 1.90. The van der Waals surface area contributed by atoms with Crippen molar-refractivity contribution in [2.75, 3.05) is 27.4 Å². The molecule has 0 saturated heterocycles. The number of methoxy groups -OCH3 is 2. The number of aromatic nitrogens is 1. The Bertz CT molecular complexity index is 650. The summed E-state index contributed by atoms with van der Waals surface area (Å²) >= 11 is 0. The molecular formula is C18H24N2O4. The van der Waals surface area contributed by atoms with Gasteiger partial charge in [0.1, 0.15) is 11.5 Å². The summed E-state index contributed by atoms with van der Waals surface area (Å²) in [7, 11) is 3.29. The molecule has 1 aromatic carbocycles. The fourth-order valence-corrected chi connectivity index (χ4v) is 2.26. The maximum Gasteiger partial charge on any atom is 0.226 e. The summed E-state index contributed by atoms with van der Waals surface area (Å²) < 4.78 is 15.8. The van der Waals surface area contributed by atoms with Crippen molar-refractivity contribution in [1.29, 1.82) is 0 Å². The Morgan fingerprint density at radius 1 is 1.21 bits per heavy atom. The van der Waals surface area contributed by atoms with Gasteiger partial charge in [-0.1, -0.05) is 0 Å². The zero-order valence-corrected chi connectivity index (χ0v) is 14.4. The Morgan fingerprint density at radius 3 is 2.62 bits per heavy atom. The molecule has 0 saturated carbocycles. The van der Waals surface area contributed by atoms with Crippen molar-refractivity contribution < 1.29 is 18.7 Å². The first-order chi connectivity index (χ1) is 11.6. The van der Waals surface area contributed by atoms with Crippen LogP contribution in [0, 0.1) is 6.92 Å². The first-order valence-corrected chi connectivity index (χ1v) is 8.00. The Morgan fingerprint density at radius 2 is 1.96 bits per heavy atom. The van der Waals surface area contributed by atoms with Gasteiger partial charge < -0.3 is 19.2 Å². The summed E-state index contributed by atoms with van der Waals surface area (Å²) in [5, 5.41) is 2.89. The van der Waals surface area contributed by atoms with E-state index in [1.165, 1.54) is 0 Å². The van der Waals surface area contributed by atoms with E-state index in [1.807, 2.05) is 31.2 Å². The molecule has 6 heteroatoms. The lowest BCUT2D eigenvalue weighted by Crippen LogP contribution is -2.26. The molecule has 0 aliphatic heterocycles. The van der Waals surface area contributed by atoms with Gasteiger partial charge >= 0.3 is 0 Å². The van der Waals surface area contributed by atoms with Gasteiger partial charge in [-0.3, -0.25) is 4.79 Å². The summed E-state index contributed by atoms with van der Waals surface area (Å²) in [4.78, 5) is 16.4. The van der Waals surface area contributed by atoms with E-state index >= 15 is 0 Å². The topological polar surface area (TPSA) is 73.6 Å². The molecule has 24 heavy (non-hydrogen) atoms. The number of benzene rings is 1. The number of hydrogen-bond acceptors (Lipinski definition) is 5. The van der Waals surface area contributed by atoms with Crippen molar-refractivity contribution in [2.45, 2.75) is 26.2 Å². The third kappa shape index (κ3) is 5.09. The van der Waals surface area contributed by atoms with Gasteiger partial charge in [0.25, 0.3) is 0 Å². The third-order valence-corrected chi connectivity index (χ3v) is 3.66. The van der Waals surface area contributed by atoms with Crippen molar-refractivity contribution in [1.82, 2.24) is 10.3 Å². The molecule has 130 valence electrons. The van der Waals surface area contributed by atoms with Crippen LogP contribution in [0.1, 0.15) is 24.3 Å². The quantitative estimate of drug-likeness (QED) is 0.715. The molecule has 0 bridgehead atoms. The number of unbranched alkanes of at least 4 members (excludes halogenated alkanes) is 1. The van der Waals surface area contributed by atoms with Crippen LogP contribution >= 0.6 is 0 Å². The molecule has 1 amide bonds. The molecule has 1 heterocycles. The number of nitrogens with zero attached hydrogens (tertiary/aromatic N) is 1. The van der Waals surface area contributed by atoms with Gasteiger partial charge in [0.05, 0.1) is 19.2 Å². The van der Waals surface area contributed by atoms with Crippen molar-refractivity contribution in [2.24, 2.45) is 0 Å². The Kier molecular flexibility index (Phi) is 6.81. The number of nitrogens with one attached hydrogen (secondary N) is 1. The first-order valence-electron chi connectivity index (χ1n) is 8.00. The van der Waals surface area contributed by atoms with Crippen LogP contribution in [0.25, 0.3) is 11.5 Å². The van der Waals surface area contributed by atoms with Gasteiger partial charge in [-0.2, -0.15) is 0 Å². The van der Waals surface area contributed by atoms with E-state index in [0.29, 0.717) is 30.5 Å². The van der Waals surface area contributed by atoms with Gasteiger partial charge in [0, 0.05) is 25.8 Å². The predicted molar refractivity (Wildman–Crippen MR) is 91.1 cm³/mol. The zero-order chi connectivity index (χ0) is 17.4. The van der Waals surface area contributed by atoms with Crippen LogP contribution in [-0.4, -0.2) is 38.3 Å². The van der Waals surface area contributed by atoms with E-state index < -0.39 is 0 Å². The van der Waals surface area contributed by atoms with Gasteiger partial charge in [-0.25, -0.2) is 4.98 Å². The highest BCUT2D eigenvalue weighted by Crippen LogP contribution is 2.24. The summed E-state index contributed by atoms with van der Waals surface area (Å²) in [6.07, 6.45) is 2.05. The molecule has 6 nitrogen and oxygen atoms in total. The third-order valence-electron chi connectivity index (χ3n) is 3.66. The molecule has 0 atom stereocenters. The number of oxazole rings is 1. The fraction of sp³-hybridized carbons (Fsp3) is 0.444. The van der Waals surface area contributed by atoms with Crippen LogP contribution in [0.15, 0.2) is 28.7 Å². The van der Waals surface area contributed by atoms with Gasteiger partial charge in [-0.05, 0) is 44.0 Å². The predicted octanol–water partition coefficient (Wildman–Crippen LogP) is 2.74. The highest BCUT2D eigenvalue weighted by molar-refractivity contribution is 5.78. The Balaban J connectivity index is 1.92. The summed E-state index contributed by atoms with van der Waals surface area (Å²) in [6.45, 7) is 3.18. The van der Waals surface area contributed by atoms with Crippen LogP contribution in [0.4, 0.5) is 0 Å². The molecule has 0 aliphatic carbocycles. The number of ether oxygens (including phenoxy) is 2. The average Bonchev–Trinajstić information content (AvgIpc) is 2.95. The lowest BCUT2D eigenvalue weighted by molar-refractivity contribution is -0.120. The van der Waals surface area contributed by atoms with E-state index in [9.17, 15) is 4.79 Å². The average molecular weight is 332 g/mol. The zero-order valence-electron chi connectivity index (χ0n) is 14.4. The second kappa shape index (κ2) is 9.08. The smallest absolute Gasteiger partial charge is 0.226 e.